The minimum Gasteiger partial charge on any atom is -0.341 e. The van der Waals surface area contributed by atoms with Crippen LogP contribution >= 0.6 is 0 Å². The average molecular weight is 221 g/mol. The van der Waals surface area contributed by atoms with Crippen LogP contribution in [-0.4, -0.2) is 33.7 Å². The smallest absolute Gasteiger partial charge is 0.244 e. The molecular weight excluding hydrogens is 202 g/mol. The highest BCUT2D eigenvalue weighted by Crippen LogP contribution is 2.15. The summed E-state index contributed by atoms with van der Waals surface area (Å²) in [5, 5.41) is 4.14. The van der Waals surface area contributed by atoms with Crippen molar-refractivity contribution in [2.24, 2.45) is 5.92 Å². The maximum Gasteiger partial charge on any atom is 0.244 e. The summed E-state index contributed by atoms with van der Waals surface area (Å²) in [6.45, 7) is 6.37. The summed E-state index contributed by atoms with van der Waals surface area (Å²) in [5.74, 6) is 0.828. The van der Waals surface area contributed by atoms with E-state index in [0.717, 1.165) is 25.2 Å². The third-order valence-electron chi connectivity index (χ3n) is 3.22. The van der Waals surface area contributed by atoms with Gasteiger partial charge in [-0.05, 0) is 31.7 Å². The van der Waals surface area contributed by atoms with Crippen LogP contribution in [0.15, 0.2) is 12.3 Å². The molecule has 0 bridgehead atoms. The van der Waals surface area contributed by atoms with Crippen molar-refractivity contribution < 1.29 is 4.79 Å². The molecule has 0 unspecified atom stereocenters. The molecule has 1 aromatic rings. The fourth-order valence-corrected chi connectivity index (χ4v) is 2.21. The van der Waals surface area contributed by atoms with E-state index in [2.05, 4.69) is 12.0 Å². The predicted molar refractivity (Wildman–Crippen MR) is 61.9 cm³/mol. The molecule has 4 heteroatoms. The van der Waals surface area contributed by atoms with Gasteiger partial charge in [-0.2, -0.15) is 5.10 Å². The monoisotopic (exact) mass is 221 g/mol. The standard InChI is InChI=1S/C12H19N3O/c1-10-4-3-7-14(8-10)12(16)9-15-11(2)5-6-13-15/h5-6,10H,3-4,7-9H2,1-2H3/t10-/m1/s1. The van der Waals surface area contributed by atoms with Gasteiger partial charge in [-0.1, -0.05) is 6.92 Å². The molecule has 0 aliphatic carbocycles. The number of hydrogen-bond acceptors (Lipinski definition) is 2. The Labute approximate surface area is 96.2 Å². The number of carbonyl (C=O) groups excluding carboxylic acids is 1. The van der Waals surface area contributed by atoms with Crippen LogP contribution in [0.1, 0.15) is 25.5 Å². The molecule has 16 heavy (non-hydrogen) atoms. The van der Waals surface area contributed by atoms with Crippen molar-refractivity contribution in [2.75, 3.05) is 13.1 Å². The van der Waals surface area contributed by atoms with Crippen LogP contribution < -0.4 is 0 Å². The zero-order valence-electron chi connectivity index (χ0n) is 10.0. The van der Waals surface area contributed by atoms with Crippen LogP contribution in [0.5, 0.6) is 0 Å². The summed E-state index contributed by atoms with van der Waals surface area (Å²) >= 11 is 0. The molecular formula is C12H19N3O. The Bertz CT molecular complexity index is 372. The molecule has 88 valence electrons. The van der Waals surface area contributed by atoms with Crippen LogP contribution in [-0.2, 0) is 11.3 Å². The number of aryl methyl sites for hydroxylation is 1. The Balaban J connectivity index is 1.95. The third kappa shape index (κ3) is 2.43. The lowest BCUT2D eigenvalue weighted by Gasteiger charge is -2.31. The van der Waals surface area contributed by atoms with Gasteiger partial charge in [-0.25, -0.2) is 0 Å². The van der Waals surface area contributed by atoms with Gasteiger partial charge >= 0.3 is 0 Å². The summed E-state index contributed by atoms with van der Waals surface area (Å²) in [5.41, 5.74) is 1.04. The Hall–Kier alpha value is -1.32. The molecule has 1 saturated heterocycles. The van der Waals surface area contributed by atoms with Gasteiger partial charge in [-0.3, -0.25) is 9.48 Å². The normalized spacial score (nSPS) is 21.1. The first kappa shape index (κ1) is 11.2. The molecule has 1 aliphatic rings. The Morgan fingerprint density at radius 1 is 1.62 bits per heavy atom. The maximum atomic E-state index is 12.0. The second kappa shape index (κ2) is 4.68. The van der Waals surface area contributed by atoms with E-state index in [9.17, 15) is 4.79 Å². The first-order chi connectivity index (χ1) is 7.66. The first-order valence-electron chi connectivity index (χ1n) is 5.93. The van der Waals surface area contributed by atoms with Gasteiger partial charge in [0.2, 0.25) is 5.91 Å². The molecule has 0 aromatic carbocycles. The van der Waals surface area contributed by atoms with Gasteiger partial charge in [0.15, 0.2) is 0 Å². The van der Waals surface area contributed by atoms with Crippen LogP contribution in [0.2, 0.25) is 0 Å². The molecule has 1 fully saturated rings. The summed E-state index contributed by atoms with van der Waals surface area (Å²) in [7, 11) is 0. The van der Waals surface area contributed by atoms with Crippen molar-refractivity contribution in [2.45, 2.75) is 33.2 Å². The third-order valence-corrected chi connectivity index (χ3v) is 3.22. The van der Waals surface area contributed by atoms with Gasteiger partial charge < -0.3 is 4.90 Å². The molecule has 2 heterocycles. The quantitative estimate of drug-likeness (QED) is 0.758. The van der Waals surface area contributed by atoms with E-state index in [-0.39, 0.29) is 5.91 Å². The highest BCUT2D eigenvalue weighted by molar-refractivity contribution is 5.76. The number of amides is 1. The number of piperidine rings is 1. The number of carbonyl (C=O) groups is 1. The predicted octanol–water partition coefficient (Wildman–Crippen LogP) is 1.45. The molecule has 1 aliphatic heterocycles. The number of nitrogens with zero attached hydrogens (tertiary/aromatic N) is 3. The van der Waals surface area contributed by atoms with Gasteiger partial charge in [0.05, 0.1) is 0 Å². The van der Waals surface area contributed by atoms with Crippen LogP contribution in [0, 0.1) is 12.8 Å². The number of hydrogen-bond donors (Lipinski definition) is 0. The van der Waals surface area contributed by atoms with E-state index in [4.69, 9.17) is 0 Å². The maximum absolute atomic E-state index is 12.0. The summed E-state index contributed by atoms with van der Waals surface area (Å²) in [6.07, 6.45) is 4.11. The molecule has 4 nitrogen and oxygen atoms in total. The van der Waals surface area contributed by atoms with Crippen molar-refractivity contribution in [3.8, 4) is 0 Å². The first-order valence-corrected chi connectivity index (χ1v) is 5.93. The van der Waals surface area contributed by atoms with E-state index in [1.807, 2.05) is 17.9 Å². The van der Waals surface area contributed by atoms with E-state index in [1.54, 1.807) is 10.9 Å². The van der Waals surface area contributed by atoms with E-state index in [0.29, 0.717) is 12.5 Å². The fourth-order valence-electron chi connectivity index (χ4n) is 2.21. The van der Waals surface area contributed by atoms with E-state index >= 15 is 0 Å². The number of rotatable bonds is 2. The van der Waals surface area contributed by atoms with Gasteiger partial charge in [-0.15, -0.1) is 0 Å². The molecule has 0 saturated carbocycles. The molecule has 0 N–H and O–H groups in total. The Kier molecular flexibility index (Phi) is 3.27. The second-order valence-electron chi connectivity index (χ2n) is 4.72. The summed E-state index contributed by atoms with van der Waals surface area (Å²) in [6, 6.07) is 1.92. The van der Waals surface area contributed by atoms with Crippen molar-refractivity contribution in [3.63, 3.8) is 0 Å². The lowest BCUT2D eigenvalue weighted by atomic mass is 10.0. The average Bonchev–Trinajstić information content (AvgIpc) is 2.64. The lowest BCUT2D eigenvalue weighted by molar-refractivity contribution is -0.133. The highest BCUT2D eigenvalue weighted by atomic mass is 16.2. The zero-order chi connectivity index (χ0) is 11.5. The minimum atomic E-state index is 0.193. The van der Waals surface area contributed by atoms with Crippen molar-refractivity contribution >= 4 is 5.91 Å². The lowest BCUT2D eigenvalue weighted by Crippen LogP contribution is -2.41. The molecule has 0 spiro atoms. The van der Waals surface area contributed by atoms with Crippen molar-refractivity contribution in [1.82, 2.24) is 14.7 Å². The minimum absolute atomic E-state index is 0.193. The molecule has 0 radical (unpaired) electrons. The SMILES string of the molecule is Cc1ccnn1CC(=O)N1CCC[C@@H](C)C1. The van der Waals surface area contributed by atoms with E-state index < -0.39 is 0 Å². The fraction of sp³-hybridized carbons (Fsp3) is 0.667. The highest BCUT2D eigenvalue weighted by Gasteiger charge is 2.21. The Morgan fingerprint density at radius 2 is 2.44 bits per heavy atom. The van der Waals surface area contributed by atoms with Crippen molar-refractivity contribution in [1.29, 1.82) is 0 Å². The largest absolute Gasteiger partial charge is 0.341 e. The molecule has 1 amide bonds. The summed E-state index contributed by atoms with van der Waals surface area (Å²) in [4.78, 5) is 14.0. The molecule has 1 aromatic heterocycles. The van der Waals surface area contributed by atoms with E-state index in [1.165, 1.54) is 6.42 Å². The topological polar surface area (TPSA) is 38.1 Å². The van der Waals surface area contributed by atoms with Crippen LogP contribution in [0.4, 0.5) is 0 Å². The second-order valence-corrected chi connectivity index (χ2v) is 4.72. The Morgan fingerprint density at radius 3 is 3.06 bits per heavy atom. The number of likely N-dealkylation sites (tertiary alicyclic amines) is 1. The van der Waals surface area contributed by atoms with Crippen molar-refractivity contribution in [3.05, 3.63) is 18.0 Å². The molecule has 2 rings (SSSR count). The van der Waals surface area contributed by atoms with Gasteiger partial charge in [0.25, 0.3) is 0 Å². The molecule has 1 atom stereocenters. The zero-order valence-corrected chi connectivity index (χ0v) is 10.0. The van der Waals surface area contributed by atoms with Gasteiger partial charge in [0, 0.05) is 25.0 Å². The van der Waals surface area contributed by atoms with Crippen LogP contribution in [0.3, 0.4) is 0 Å². The van der Waals surface area contributed by atoms with Gasteiger partial charge in [0.1, 0.15) is 6.54 Å². The van der Waals surface area contributed by atoms with Crippen LogP contribution in [0.25, 0.3) is 0 Å². The summed E-state index contributed by atoms with van der Waals surface area (Å²) < 4.78 is 1.77. The number of aromatic nitrogens is 2.